The number of nitrogens with one attached hydrogen (secondary N) is 2. The van der Waals surface area contributed by atoms with Gasteiger partial charge in [0.2, 0.25) is 0 Å². The molecule has 0 fully saturated rings. The Morgan fingerprint density at radius 1 is 1.33 bits per heavy atom. The van der Waals surface area contributed by atoms with Crippen molar-refractivity contribution in [2.45, 2.75) is 26.7 Å². The van der Waals surface area contributed by atoms with Crippen LogP contribution in [0.1, 0.15) is 36.3 Å². The molecule has 1 rings (SSSR count). The molecule has 0 spiro atoms. The summed E-state index contributed by atoms with van der Waals surface area (Å²) < 4.78 is 22.7. The molecule has 0 aromatic carbocycles. The molecule has 1 amide bonds. The third kappa shape index (κ3) is 5.68. The van der Waals surface area contributed by atoms with E-state index in [4.69, 9.17) is 5.84 Å². The van der Waals surface area contributed by atoms with Gasteiger partial charge in [-0.05, 0) is 18.6 Å². The smallest absolute Gasteiger partial charge is 0.251 e. The Hall–Kier alpha value is -1.67. The first-order valence-corrected chi connectivity index (χ1v) is 8.70. The summed E-state index contributed by atoms with van der Waals surface area (Å²) in [6.45, 7) is 3.68. The third-order valence-electron chi connectivity index (χ3n) is 2.93. The molecule has 21 heavy (non-hydrogen) atoms. The zero-order chi connectivity index (χ0) is 15.9. The van der Waals surface area contributed by atoms with E-state index in [2.05, 4.69) is 15.7 Å². The van der Waals surface area contributed by atoms with Crippen LogP contribution in [0.2, 0.25) is 0 Å². The fourth-order valence-electron chi connectivity index (χ4n) is 1.74. The summed E-state index contributed by atoms with van der Waals surface area (Å²) in [5, 5.41) is 2.60. The van der Waals surface area contributed by atoms with Gasteiger partial charge in [-0.2, -0.15) is 0 Å². The van der Waals surface area contributed by atoms with Crippen LogP contribution < -0.4 is 16.6 Å². The van der Waals surface area contributed by atoms with E-state index in [0.29, 0.717) is 11.4 Å². The first-order valence-electron chi connectivity index (χ1n) is 6.88. The molecule has 7 nitrogen and oxygen atoms in total. The Bertz CT molecular complexity index is 587. The number of sulfone groups is 1. The molecule has 1 heterocycles. The number of hydrazine groups is 1. The fourth-order valence-corrected chi connectivity index (χ4v) is 2.45. The zero-order valence-corrected chi connectivity index (χ0v) is 13.2. The number of carbonyl (C=O) groups is 1. The SMILES string of the molecule is CCCc1cc(C(=O)NCCS(=O)(=O)CC)cc(NN)n1. The minimum atomic E-state index is -3.09. The first-order chi connectivity index (χ1) is 9.91. The summed E-state index contributed by atoms with van der Waals surface area (Å²) >= 11 is 0. The van der Waals surface area contributed by atoms with Crippen LogP contribution in [0, 0.1) is 0 Å². The molecule has 0 aliphatic rings. The van der Waals surface area contributed by atoms with Gasteiger partial charge in [0.05, 0.1) is 5.75 Å². The van der Waals surface area contributed by atoms with Crippen LogP contribution in [0.5, 0.6) is 0 Å². The van der Waals surface area contributed by atoms with Crippen molar-refractivity contribution in [3.05, 3.63) is 23.4 Å². The van der Waals surface area contributed by atoms with E-state index in [1.165, 1.54) is 6.07 Å². The van der Waals surface area contributed by atoms with Crippen LogP contribution in [0.4, 0.5) is 5.82 Å². The lowest BCUT2D eigenvalue weighted by Gasteiger charge is -2.09. The number of amides is 1. The van der Waals surface area contributed by atoms with Crippen molar-refractivity contribution < 1.29 is 13.2 Å². The van der Waals surface area contributed by atoms with Crippen molar-refractivity contribution in [1.82, 2.24) is 10.3 Å². The number of nitrogen functional groups attached to an aromatic ring is 1. The maximum absolute atomic E-state index is 12.0. The Labute approximate surface area is 125 Å². The number of anilines is 1. The van der Waals surface area contributed by atoms with E-state index in [9.17, 15) is 13.2 Å². The molecule has 0 radical (unpaired) electrons. The van der Waals surface area contributed by atoms with E-state index in [1.54, 1.807) is 13.0 Å². The predicted octanol–water partition coefficient (Wildman–Crippen LogP) is 0.484. The average molecular weight is 314 g/mol. The van der Waals surface area contributed by atoms with Crippen LogP contribution in [0.25, 0.3) is 0 Å². The largest absolute Gasteiger partial charge is 0.351 e. The van der Waals surface area contributed by atoms with Gasteiger partial charge in [0.1, 0.15) is 5.82 Å². The van der Waals surface area contributed by atoms with Crippen molar-refractivity contribution in [3.63, 3.8) is 0 Å². The molecular weight excluding hydrogens is 292 g/mol. The second kappa shape index (κ2) is 7.94. The number of aryl methyl sites for hydroxylation is 1. The number of nitrogens with two attached hydrogens (primary N) is 1. The number of carbonyl (C=O) groups excluding carboxylic acids is 1. The molecule has 0 atom stereocenters. The van der Waals surface area contributed by atoms with E-state index in [1.807, 2.05) is 6.92 Å². The highest BCUT2D eigenvalue weighted by Crippen LogP contribution is 2.11. The lowest BCUT2D eigenvalue weighted by molar-refractivity contribution is 0.0956. The Balaban J connectivity index is 2.75. The number of rotatable bonds is 8. The first kappa shape index (κ1) is 17.4. The molecule has 1 aromatic heterocycles. The van der Waals surface area contributed by atoms with Gasteiger partial charge in [0, 0.05) is 23.6 Å². The molecule has 0 saturated carbocycles. The molecule has 0 aliphatic carbocycles. The normalized spacial score (nSPS) is 11.2. The van der Waals surface area contributed by atoms with Crippen LogP contribution in [0.3, 0.4) is 0 Å². The molecule has 4 N–H and O–H groups in total. The average Bonchev–Trinajstić information content (AvgIpc) is 2.47. The number of pyridine rings is 1. The maximum Gasteiger partial charge on any atom is 0.251 e. The molecule has 0 aliphatic heterocycles. The van der Waals surface area contributed by atoms with Gasteiger partial charge >= 0.3 is 0 Å². The van der Waals surface area contributed by atoms with Gasteiger partial charge in [-0.25, -0.2) is 19.2 Å². The van der Waals surface area contributed by atoms with Crippen LogP contribution in [0.15, 0.2) is 12.1 Å². The summed E-state index contributed by atoms with van der Waals surface area (Å²) in [6.07, 6.45) is 1.64. The number of hydrogen-bond acceptors (Lipinski definition) is 6. The summed E-state index contributed by atoms with van der Waals surface area (Å²) in [7, 11) is -3.09. The minimum Gasteiger partial charge on any atom is -0.351 e. The summed E-state index contributed by atoms with van der Waals surface area (Å²) in [5.41, 5.74) is 3.60. The summed E-state index contributed by atoms with van der Waals surface area (Å²) in [5.74, 6) is 5.41. The van der Waals surface area contributed by atoms with Gasteiger partial charge in [0.15, 0.2) is 9.84 Å². The lowest BCUT2D eigenvalue weighted by Crippen LogP contribution is -2.30. The molecule has 1 aromatic rings. The van der Waals surface area contributed by atoms with Crippen LogP contribution >= 0.6 is 0 Å². The van der Waals surface area contributed by atoms with Gasteiger partial charge < -0.3 is 10.7 Å². The Morgan fingerprint density at radius 2 is 2.05 bits per heavy atom. The second-order valence-electron chi connectivity index (χ2n) is 4.62. The maximum atomic E-state index is 12.0. The van der Waals surface area contributed by atoms with Crippen LogP contribution in [-0.2, 0) is 16.3 Å². The fraction of sp³-hybridized carbons (Fsp3) is 0.538. The Morgan fingerprint density at radius 3 is 2.62 bits per heavy atom. The van der Waals surface area contributed by atoms with E-state index < -0.39 is 9.84 Å². The topological polar surface area (TPSA) is 114 Å². The molecular formula is C13H22N4O3S. The highest BCUT2D eigenvalue weighted by molar-refractivity contribution is 7.91. The van der Waals surface area contributed by atoms with Crippen molar-refractivity contribution in [2.75, 3.05) is 23.5 Å². The third-order valence-corrected chi connectivity index (χ3v) is 4.64. The van der Waals surface area contributed by atoms with Crippen molar-refractivity contribution in [2.24, 2.45) is 5.84 Å². The van der Waals surface area contributed by atoms with Gasteiger partial charge in [-0.15, -0.1) is 0 Å². The number of aromatic nitrogens is 1. The lowest BCUT2D eigenvalue weighted by atomic mass is 10.1. The highest BCUT2D eigenvalue weighted by Gasteiger charge is 2.12. The molecule has 0 bridgehead atoms. The molecule has 118 valence electrons. The van der Waals surface area contributed by atoms with Crippen molar-refractivity contribution in [1.29, 1.82) is 0 Å². The van der Waals surface area contributed by atoms with E-state index >= 15 is 0 Å². The summed E-state index contributed by atoms with van der Waals surface area (Å²) in [4.78, 5) is 16.3. The number of nitrogens with zero attached hydrogens (tertiary/aromatic N) is 1. The molecule has 8 heteroatoms. The molecule has 0 saturated heterocycles. The minimum absolute atomic E-state index is 0.0653. The van der Waals surface area contributed by atoms with Gasteiger partial charge in [0.25, 0.3) is 5.91 Å². The van der Waals surface area contributed by atoms with Crippen molar-refractivity contribution in [3.8, 4) is 0 Å². The second-order valence-corrected chi connectivity index (χ2v) is 7.09. The Kier molecular flexibility index (Phi) is 6.57. The van der Waals surface area contributed by atoms with Gasteiger partial charge in [-0.1, -0.05) is 20.3 Å². The standard InChI is InChI=1S/C13H22N4O3S/c1-3-5-11-8-10(9-12(16-11)17-14)13(18)15-6-7-21(19,20)4-2/h8-9H,3-7,14H2,1-2H3,(H,15,18)(H,16,17). The van der Waals surface area contributed by atoms with Crippen molar-refractivity contribution >= 4 is 21.6 Å². The highest BCUT2D eigenvalue weighted by atomic mass is 32.2. The number of hydrogen-bond donors (Lipinski definition) is 3. The monoisotopic (exact) mass is 314 g/mol. The molecule has 0 unspecified atom stereocenters. The van der Waals surface area contributed by atoms with Gasteiger partial charge in [-0.3, -0.25) is 4.79 Å². The zero-order valence-electron chi connectivity index (χ0n) is 12.3. The summed E-state index contributed by atoms with van der Waals surface area (Å²) in [6, 6.07) is 3.22. The predicted molar refractivity (Wildman–Crippen MR) is 82.7 cm³/mol. The van der Waals surface area contributed by atoms with E-state index in [0.717, 1.165) is 18.5 Å². The van der Waals surface area contributed by atoms with Crippen LogP contribution in [-0.4, -0.2) is 37.4 Å². The van der Waals surface area contributed by atoms with E-state index in [-0.39, 0.29) is 24.0 Å². The quantitative estimate of drug-likeness (QED) is 0.475.